The summed E-state index contributed by atoms with van der Waals surface area (Å²) in [6, 6.07) is 4.85. The van der Waals surface area contributed by atoms with Gasteiger partial charge in [0, 0.05) is 37.2 Å². The van der Waals surface area contributed by atoms with Crippen molar-refractivity contribution in [3.63, 3.8) is 0 Å². The van der Waals surface area contributed by atoms with Gasteiger partial charge in [-0.3, -0.25) is 4.79 Å². The van der Waals surface area contributed by atoms with Crippen molar-refractivity contribution in [3.05, 3.63) is 30.1 Å². The number of ether oxygens (including phenoxy) is 4. The lowest BCUT2D eigenvalue weighted by Gasteiger charge is -2.14. The molecule has 0 bridgehead atoms. The fourth-order valence-corrected chi connectivity index (χ4v) is 2.93. The molecule has 1 aromatic carbocycles. The molecule has 0 saturated carbocycles. The maximum Gasteiger partial charge on any atom is 0.274 e. The van der Waals surface area contributed by atoms with E-state index in [4.69, 9.17) is 18.9 Å². The summed E-state index contributed by atoms with van der Waals surface area (Å²) >= 11 is 0. The maximum atomic E-state index is 12.6. The first-order chi connectivity index (χ1) is 13.6. The zero-order valence-electron chi connectivity index (χ0n) is 16.2. The van der Waals surface area contributed by atoms with Gasteiger partial charge < -0.3 is 29.6 Å². The number of benzene rings is 1. The second-order valence-electron chi connectivity index (χ2n) is 6.15. The number of nitrogens with one attached hydrogen (secondary N) is 2. The predicted molar refractivity (Wildman–Crippen MR) is 104 cm³/mol. The number of amides is 1. The van der Waals surface area contributed by atoms with Gasteiger partial charge in [-0.15, -0.1) is 0 Å². The lowest BCUT2D eigenvalue weighted by atomic mass is 10.2. The van der Waals surface area contributed by atoms with Crippen molar-refractivity contribution in [1.29, 1.82) is 0 Å². The zero-order chi connectivity index (χ0) is 19.9. The van der Waals surface area contributed by atoms with Gasteiger partial charge in [0.15, 0.2) is 11.5 Å². The highest BCUT2D eigenvalue weighted by Gasteiger charge is 2.17. The van der Waals surface area contributed by atoms with Gasteiger partial charge in [0.1, 0.15) is 5.69 Å². The summed E-state index contributed by atoms with van der Waals surface area (Å²) in [5.74, 6) is 1.34. The number of carbonyl (C=O) groups is 1. The fourth-order valence-electron chi connectivity index (χ4n) is 2.93. The van der Waals surface area contributed by atoms with Crippen LogP contribution in [0.2, 0.25) is 0 Å². The van der Waals surface area contributed by atoms with Crippen molar-refractivity contribution >= 4 is 17.5 Å². The SMILES string of the molecule is COc1cc(NC(=O)c2ccnc(NCC3CCCO3)n2)cc(OC)c1OC. The molecule has 2 heterocycles. The van der Waals surface area contributed by atoms with Gasteiger partial charge in [-0.05, 0) is 18.9 Å². The summed E-state index contributed by atoms with van der Waals surface area (Å²) in [5, 5.41) is 5.90. The van der Waals surface area contributed by atoms with E-state index in [-0.39, 0.29) is 17.7 Å². The Morgan fingerprint density at radius 1 is 1.21 bits per heavy atom. The minimum Gasteiger partial charge on any atom is -0.493 e. The van der Waals surface area contributed by atoms with Crippen LogP contribution in [0.3, 0.4) is 0 Å². The van der Waals surface area contributed by atoms with Crippen LogP contribution >= 0.6 is 0 Å². The Bertz CT molecular complexity index is 799. The quantitative estimate of drug-likeness (QED) is 0.710. The van der Waals surface area contributed by atoms with E-state index in [1.54, 1.807) is 18.2 Å². The Kier molecular flexibility index (Phi) is 6.49. The van der Waals surface area contributed by atoms with Crippen molar-refractivity contribution in [3.8, 4) is 17.2 Å². The van der Waals surface area contributed by atoms with Crippen LogP contribution in [0.15, 0.2) is 24.4 Å². The van der Waals surface area contributed by atoms with Crippen molar-refractivity contribution in [2.24, 2.45) is 0 Å². The first-order valence-electron chi connectivity index (χ1n) is 8.94. The van der Waals surface area contributed by atoms with Crippen molar-refractivity contribution in [2.75, 3.05) is 45.1 Å². The number of hydrogen-bond donors (Lipinski definition) is 2. The molecular weight excluding hydrogens is 364 g/mol. The second kappa shape index (κ2) is 9.23. The summed E-state index contributed by atoms with van der Waals surface area (Å²) < 4.78 is 21.5. The minimum absolute atomic E-state index is 0.153. The standard InChI is InChI=1S/C19H24N4O5/c1-25-15-9-12(10-16(26-2)17(15)27-3)22-18(24)14-6-7-20-19(23-14)21-11-13-5-4-8-28-13/h6-7,9-10,13H,4-5,8,11H2,1-3H3,(H,22,24)(H,20,21,23). The van der Waals surface area contributed by atoms with E-state index in [9.17, 15) is 4.79 Å². The fraction of sp³-hybridized carbons (Fsp3) is 0.421. The summed E-state index contributed by atoms with van der Waals surface area (Å²) in [7, 11) is 4.54. The van der Waals surface area contributed by atoms with E-state index in [0.717, 1.165) is 19.4 Å². The number of anilines is 2. The van der Waals surface area contributed by atoms with E-state index in [1.807, 2.05) is 0 Å². The molecule has 1 aromatic heterocycles. The molecular formula is C19H24N4O5. The zero-order valence-corrected chi connectivity index (χ0v) is 16.2. The van der Waals surface area contributed by atoms with E-state index in [1.165, 1.54) is 27.5 Å². The molecule has 1 aliphatic rings. The Morgan fingerprint density at radius 2 is 1.96 bits per heavy atom. The number of aromatic nitrogens is 2. The average molecular weight is 388 g/mol. The first-order valence-corrected chi connectivity index (χ1v) is 8.94. The summed E-state index contributed by atoms with van der Waals surface area (Å²) in [4.78, 5) is 21.0. The molecule has 0 radical (unpaired) electrons. The third-order valence-electron chi connectivity index (χ3n) is 4.32. The Morgan fingerprint density at radius 3 is 2.57 bits per heavy atom. The molecule has 1 aliphatic heterocycles. The monoisotopic (exact) mass is 388 g/mol. The van der Waals surface area contributed by atoms with Crippen molar-refractivity contribution in [1.82, 2.24) is 9.97 Å². The number of carbonyl (C=O) groups excluding carboxylic acids is 1. The average Bonchev–Trinajstić information content (AvgIpc) is 3.25. The molecule has 1 fully saturated rings. The highest BCUT2D eigenvalue weighted by Crippen LogP contribution is 2.39. The molecule has 0 aliphatic carbocycles. The summed E-state index contributed by atoms with van der Waals surface area (Å²) in [6.07, 6.45) is 3.76. The van der Waals surface area contributed by atoms with Crippen LogP contribution in [0.5, 0.6) is 17.2 Å². The van der Waals surface area contributed by atoms with Gasteiger partial charge in [0.05, 0.1) is 27.4 Å². The van der Waals surface area contributed by atoms with Crippen LogP contribution in [0, 0.1) is 0 Å². The Balaban J connectivity index is 1.71. The van der Waals surface area contributed by atoms with Crippen LogP contribution in [0.25, 0.3) is 0 Å². The number of hydrogen-bond acceptors (Lipinski definition) is 8. The molecule has 2 aromatic rings. The topological polar surface area (TPSA) is 104 Å². The van der Waals surface area contributed by atoms with E-state index < -0.39 is 0 Å². The Labute approximate surface area is 163 Å². The van der Waals surface area contributed by atoms with Crippen LogP contribution in [-0.2, 0) is 4.74 Å². The Hall–Kier alpha value is -3.07. The molecule has 1 amide bonds. The van der Waals surface area contributed by atoms with Crippen LogP contribution < -0.4 is 24.8 Å². The highest BCUT2D eigenvalue weighted by atomic mass is 16.5. The molecule has 9 nitrogen and oxygen atoms in total. The van der Waals surface area contributed by atoms with Crippen molar-refractivity contribution < 1.29 is 23.7 Å². The number of methoxy groups -OCH3 is 3. The summed E-state index contributed by atoms with van der Waals surface area (Å²) in [6.45, 7) is 1.39. The molecule has 150 valence electrons. The molecule has 1 unspecified atom stereocenters. The molecule has 2 N–H and O–H groups in total. The minimum atomic E-state index is -0.378. The summed E-state index contributed by atoms with van der Waals surface area (Å²) in [5.41, 5.74) is 0.727. The van der Waals surface area contributed by atoms with Crippen molar-refractivity contribution in [2.45, 2.75) is 18.9 Å². The molecule has 28 heavy (non-hydrogen) atoms. The predicted octanol–water partition coefficient (Wildman–Crippen LogP) is 2.35. The number of rotatable bonds is 8. The van der Waals surface area contributed by atoms with Crippen LogP contribution in [-0.4, -0.2) is 56.5 Å². The molecule has 3 rings (SSSR count). The van der Waals surface area contributed by atoms with Gasteiger partial charge in [0.2, 0.25) is 11.7 Å². The third-order valence-corrected chi connectivity index (χ3v) is 4.32. The lowest BCUT2D eigenvalue weighted by Crippen LogP contribution is -2.21. The molecule has 1 saturated heterocycles. The molecule has 1 atom stereocenters. The van der Waals surface area contributed by atoms with Gasteiger partial charge in [0.25, 0.3) is 5.91 Å². The largest absolute Gasteiger partial charge is 0.493 e. The third kappa shape index (κ3) is 4.61. The second-order valence-corrected chi connectivity index (χ2v) is 6.15. The van der Waals surface area contributed by atoms with E-state index in [2.05, 4.69) is 20.6 Å². The van der Waals surface area contributed by atoms with Gasteiger partial charge in [-0.25, -0.2) is 9.97 Å². The van der Waals surface area contributed by atoms with Gasteiger partial charge >= 0.3 is 0 Å². The lowest BCUT2D eigenvalue weighted by molar-refractivity contribution is 0.102. The van der Waals surface area contributed by atoms with Crippen LogP contribution in [0.4, 0.5) is 11.6 Å². The molecule has 9 heteroatoms. The number of nitrogens with zero attached hydrogens (tertiary/aromatic N) is 2. The van der Waals surface area contributed by atoms with Gasteiger partial charge in [-0.2, -0.15) is 0 Å². The first kappa shape index (κ1) is 19.7. The molecule has 0 spiro atoms. The highest BCUT2D eigenvalue weighted by molar-refractivity contribution is 6.03. The van der Waals surface area contributed by atoms with Gasteiger partial charge in [-0.1, -0.05) is 0 Å². The van der Waals surface area contributed by atoms with Crippen LogP contribution in [0.1, 0.15) is 23.3 Å². The maximum absolute atomic E-state index is 12.6. The van der Waals surface area contributed by atoms with E-state index >= 15 is 0 Å². The smallest absolute Gasteiger partial charge is 0.274 e. The normalized spacial score (nSPS) is 15.8. The van der Waals surface area contributed by atoms with E-state index in [0.29, 0.717) is 35.4 Å².